The van der Waals surface area contributed by atoms with Crippen LogP contribution in [-0.2, 0) is 4.79 Å². The van der Waals surface area contributed by atoms with Crippen LogP contribution >= 0.6 is 0 Å². The SMILES string of the molecule is CN1C=C(N=[N+]=[N-])N(NC(=O)C(F)(F)F)CC1. The van der Waals surface area contributed by atoms with E-state index in [-0.39, 0.29) is 12.4 Å². The lowest BCUT2D eigenvalue weighted by Crippen LogP contribution is -2.51. The first-order valence-electron chi connectivity index (χ1n) is 4.47. The molecule has 0 aliphatic carbocycles. The number of nitrogens with one attached hydrogen (secondary N) is 1. The molecule has 0 atom stereocenters. The highest BCUT2D eigenvalue weighted by atomic mass is 19.4. The lowest BCUT2D eigenvalue weighted by atomic mass is 10.4. The summed E-state index contributed by atoms with van der Waals surface area (Å²) >= 11 is 0. The van der Waals surface area contributed by atoms with Gasteiger partial charge in [-0.2, -0.15) is 13.2 Å². The second-order valence-corrected chi connectivity index (χ2v) is 3.25. The monoisotopic (exact) mass is 250 g/mol. The second kappa shape index (κ2) is 4.83. The van der Waals surface area contributed by atoms with Crippen molar-refractivity contribution in [2.24, 2.45) is 5.11 Å². The van der Waals surface area contributed by atoms with Gasteiger partial charge in [0.1, 0.15) is 5.82 Å². The molecule has 94 valence electrons. The van der Waals surface area contributed by atoms with Crippen LogP contribution in [0.4, 0.5) is 13.2 Å². The van der Waals surface area contributed by atoms with E-state index in [1.807, 2.05) is 0 Å². The molecule has 1 heterocycles. The van der Waals surface area contributed by atoms with Crippen LogP contribution in [0, 0.1) is 0 Å². The number of carbonyl (C=O) groups excluding carboxylic acids is 1. The topological polar surface area (TPSA) is 84.3 Å². The maximum atomic E-state index is 12.0. The minimum Gasteiger partial charge on any atom is -0.377 e. The third-order valence-corrected chi connectivity index (χ3v) is 1.93. The van der Waals surface area contributed by atoms with Crippen molar-refractivity contribution >= 4 is 5.91 Å². The van der Waals surface area contributed by atoms with Gasteiger partial charge in [-0.3, -0.25) is 15.2 Å². The third kappa shape index (κ3) is 3.45. The van der Waals surface area contributed by atoms with E-state index < -0.39 is 12.1 Å². The Hall–Kier alpha value is -2.09. The lowest BCUT2D eigenvalue weighted by molar-refractivity contribution is -0.178. The number of azide groups is 1. The van der Waals surface area contributed by atoms with Gasteiger partial charge in [0, 0.05) is 24.7 Å². The van der Waals surface area contributed by atoms with Gasteiger partial charge in [0.05, 0.1) is 6.54 Å². The fourth-order valence-corrected chi connectivity index (χ4v) is 1.13. The number of likely N-dealkylation sites (N-methyl/N-ethyl adjacent to an activating group) is 1. The Balaban J connectivity index is 2.80. The third-order valence-electron chi connectivity index (χ3n) is 1.93. The van der Waals surface area contributed by atoms with Crippen LogP contribution in [0.15, 0.2) is 17.1 Å². The van der Waals surface area contributed by atoms with Crippen LogP contribution in [-0.4, -0.2) is 42.1 Å². The number of rotatable bonds is 2. The van der Waals surface area contributed by atoms with Crippen molar-refractivity contribution in [3.63, 3.8) is 0 Å². The van der Waals surface area contributed by atoms with Crippen LogP contribution in [0.1, 0.15) is 0 Å². The Bertz CT molecular complexity index is 386. The lowest BCUT2D eigenvalue weighted by Gasteiger charge is -2.32. The molecule has 0 unspecified atom stereocenters. The quantitative estimate of drug-likeness (QED) is 0.449. The fraction of sp³-hybridized carbons (Fsp3) is 0.571. The van der Waals surface area contributed by atoms with Crippen molar-refractivity contribution in [1.82, 2.24) is 15.3 Å². The number of carbonyl (C=O) groups is 1. The van der Waals surface area contributed by atoms with E-state index in [0.717, 1.165) is 5.01 Å². The van der Waals surface area contributed by atoms with Crippen molar-refractivity contribution in [2.45, 2.75) is 6.18 Å². The molecule has 0 aromatic carbocycles. The first-order chi connectivity index (χ1) is 7.84. The van der Waals surface area contributed by atoms with E-state index in [2.05, 4.69) is 10.0 Å². The molecule has 7 nitrogen and oxygen atoms in total. The van der Waals surface area contributed by atoms with Crippen LogP contribution in [0.3, 0.4) is 0 Å². The molecule has 17 heavy (non-hydrogen) atoms. The molecule has 0 saturated carbocycles. The summed E-state index contributed by atoms with van der Waals surface area (Å²) in [6, 6.07) is 0. The number of hydrogen-bond donors (Lipinski definition) is 1. The van der Waals surface area contributed by atoms with Crippen LogP contribution in [0.2, 0.25) is 0 Å². The van der Waals surface area contributed by atoms with E-state index in [1.54, 1.807) is 17.4 Å². The van der Waals surface area contributed by atoms with Gasteiger partial charge >= 0.3 is 12.1 Å². The molecule has 1 aliphatic heterocycles. The summed E-state index contributed by atoms with van der Waals surface area (Å²) < 4.78 is 36.1. The zero-order chi connectivity index (χ0) is 13.1. The average molecular weight is 250 g/mol. The summed E-state index contributed by atoms with van der Waals surface area (Å²) in [7, 11) is 1.66. The Kier molecular flexibility index (Phi) is 3.69. The summed E-state index contributed by atoms with van der Waals surface area (Å²) in [5, 5.41) is 4.05. The maximum Gasteiger partial charge on any atom is 0.472 e. The summed E-state index contributed by atoms with van der Waals surface area (Å²) in [5.74, 6) is -2.21. The predicted molar refractivity (Wildman–Crippen MR) is 50.8 cm³/mol. The van der Waals surface area contributed by atoms with Gasteiger partial charge in [-0.1, -0.05) is 0 Å². The molecule has 1 aliphatic rings. The molecule has 1 amide bonds. The van der Waals surface area contributed by atoms with Crippen molar-refractivity contribution in [3.8, 4) is 0 Å². The summed E-state index contributed by atoms with van der Waals surface area (Å²) in [4.78, 5) is 14.8. The Labute approximate surface area is 94.1 Å². The molecule has 0 radical (unpaired) electrons. The van der Waals surface area contributed by atoms with Crippen LogP contribution in [0.5, 0.6) is 0 Å². The first kappa shape index (κ1) is 13.0. The molecule has 0 spiro atoms. The number of hydrazine groups is 1. The number of halogens is 3. The van der Waals surface area contributed by atoms with E-state index in [0.29, 0.717) is 6.54 Å². The van der Waals surface area contributed by atoms with Crippen LogP contribution in [0.25, 0.3) is 10.4 Å². The smallest absolute Gasteiger partial charge is 0.377 e. The highest BCUT2D eigenvalue weighted by Gasteiger charge is 2.40. The molecular formula is C7H9F3N6O. The number of nitrogens with zero attached hydrogens (tertiary/aromatic N) is 5. The van der Waals surface area contributed by atoms with E-state index >= 15 is 0 Å². The molecular weight excluding hydrogens is 241 g/mol. The largest absolute Gasteiger partial charge is 0.472 e. The van der Waals surface area contributed by atoms with Crippen molar-refractivity contribution in [2.75, 3.05) is 20.1 Å². The molecule has 10 heteroatoms. The average Bonchev–Trinajstić information content (AvgIpc) is 2.21. The normalized spacial score (nSPS) is 16.1. The minimum absolute atomic E-state index is 0.0865. The van der Waals surface area contributed by atoms with Gasteiger partial charge in [-0.05, 0) is 10.6 Å². The van der Waals surface area contributed by atoms with E-state index in [4.69, 9.17) is 5.53 Å². The van der Waals surface area contributed by atoms with Crippen LogP contribution < -0.4 is 5.43 Å². The van der Waals surface area contributed by atoms with Crippen molar-refractivity contribution < 1.29 is 18.0 Å². The summed E-state index contributed by atoms with van der Waals surface area (Å²) in [6.07, 6.45) is -3.65. The standard InChI is InChI=1S/C7H9F3N6O/c1-15-2-3-16(5(4-15)12-14-11)13-6(17)7(8,9)10/h4H,2-3H2,1H3,(H,13,17). The van der Waals surface area contributed by atoms with E-state index in [9.17, 15) is 18.0 Å². The van der Waals surface area contributed by atoms with Gasteiger partial charge in [0.25, 0.3) is 0 Å². The maximum absolute atomic E-state index is 12.0. The number of amides is 1. The minimum atomic E-state index is -4.98. The molecule has 0 aromatic rings. The molecule has 1 rings (SSSR count). The van der Waals surface area contributed by atoms with Gasteiger partial charge in [0.15, 0.2) is 0 Å². The highest BCUT2D eigenvalue weighted by molar-refractivity contribution is 5.81. The Morgan fingerprint density at radius 1 is 1.59 bits per heavy atom. The van der Waals surface area contributed by atoms with Gasteiger partial charge in [0.2, 0.25) is 0 Å². The first-order valence-corrected chi connectivity index (χ1v) is 4.47. The van der Waals surface area contributed by atoms with Gasteiger partial charge in [-0.25, -0.2) is 0 Å². The zero-order valence-electron chi connectivity index (χ0n) is 8.77. The Morgan fingerprint density at radius 2 is 2.24 bits per heavy atom. The summed E-state index contributed by atoms with van der Waals surface area (Å²) in [5.41, 5.74) is 9.88. The fourth-order valence-electron chi connectivity index (χ4n) is 1.13. The molecule has 0 aromatic heterocycles. The van der Waals surface area contributed by atoms with Crippen molar-refractivity contribution in [3.05, 3.63) is 22.5 Å². The predicted octanol–water partition coefficient (Wildman–Crippen LogP) is 0.937. The second-order valence-electron chi connectivity index (χ2n) is 3.25. The highest BCUT2D eigenvalue weighted by Crippen LogP contribution is 2.16. The van der Waals surface area contributed by atoms with Gasteiger partial charge in [-0.15, -0.1) is 0 Å². The summed E-state index contributed by atoms with van der Waals surface area (Å²) in [6.45, 7) is 0.478. The molecule has 1 N–H and O–H groups in total. The van der Waals surface area contributed by atoms with Crippen molar-refractivity contribution in [1.29, 1.82) is 0 Å². The van der Waals surface area contributed by atoms with E-state index in [1.165, 1.54) is 6.20 Å². The molecule has 0 bridgehead atoms. The Morgan fingerprint density at radius 3 is 2.76 bits per heavy atom. The number of hydrogen-bond acceptors (Lipinski definition) is 4. The molecule has 0 fully saturated rings. The number of alkyl halides is 3. The molecule has 0 saturated heterocycles. The van der Waals surface area contributed by atoms with Gasteiger partial charge < -0.3 is 4.90 Å². The zero-order valence-corrected chi connectivity index (χ0v) is 8.77.